The molecule has 2 aliphatic rings. The number of rotatable bonds is 3. The predicted octanol–water partition coefficient (Wildman–Crippen LogP) is 2.49. The maximum atomic E-state index is 5.58. The molecule has 0 atom stereocenters. The lowest BCUT2D eigenvalue weighted by molar-refractivity contribution is 0.171. The molecule has 1 heterocycles. The molecule has 92 valence electrons. The zero-order valence-corrected chi connectivity index (χ0v) is 10.1. The molecule has 3 rings (SSSR count). The summed E-state index contributed by atoms with van der Waals surface area (Å²) >= 11 is 0. The summed E-state index contributed by atoms with van der Waals surface area (Å²) in [6.45, 7) is 2.25. The van der Waals surface area contributed by atoms with Crippen molar-refractivity contribution in [3.8, 4) is 11.5 Å². The van der Waals surface area contributed by atoms with Crippen molar-refractivity contribution in [2.24, 2.45) is 0 Å². The molecule has 0 aromatic heterocycles. The lowest BCUT2D eigenvalue weighted by Crippen LogP contribution is -2.25. The monoisotopic (exact) mass is 233 g/mol. The molecule has 1 aliphatic carbocycles. The van der Waals surface area contributed by atoms with Gasteiger partial charge in [0.1, 0.15) is 13.2 Å². The van der Waals surface area contributed by atoms with Crippen LogP contribution < -0.4 is 14.8 Å². The first-order valence-corrected chi connectivity index (χ1v) is 6.54. The van der Waals surface area contributed by atoms with Crippen molar-refractivity contribution >= 4 is 0 Å². The Morgan fingerprint density at radius 1 is 1.06 bits per heavy atom. The molecule has 0 spiro atoms. The molecule has 1 N–H and O–H groups in total. The maximum Gasteiger partial charge on any atom is 0.161 e. The molecule has 1 aromatic rings. The van der Waals surface area contributed by atoms with Gasteiger partial charge in [-0.2, -0.15) is 0 Å². The lowest BCUT2D eigenvalue weighted by atomic mass is 10.1. The van der Waals surface area contributed by atoms with Crippen LogP contribution in [0.3, 0.4) is 0 Å². The zero-order chi connectivity index (χ0) is 11.5. The highest BCUT2D eigenvalue weighted by atomic mass is 16.6. The van der Waals surface area contributed by atoms with Crippen LogP contribution in [0.2, 0.25) is 0 Å². The van der Waals surface area contributed by atoms with E-state index in [-0.39, 0.29) is 0 Å². The van der Waals surface area contributed by atoms with Crippen molar-refractivity contribution in [2.45, 2.75) is 38.3 Å². The minimum atomic E-state index is 0.659. The van der Waals surface area contributed by atoms with Crippen LogP contribution in [0, 0.1) is 0 Å². The summed E-state index contributed by atoms with van der Waals surface area (Å²) < 4.78 is 11.1. The Balaban J connectivity index is 1.62. The second-order valence-corrected chi connectivity index (χ2v) is 4.84. The van der Waals surface area contributed by atoms with Gasteiger partial charge in [0.2, 0.25) is 0 Å². The normalized spacial score (nSPS) is 19.5. The van der Waals surface area contributed by atoms with E-state index in [1.807, 2.05) is 6.07 Å². The SMILES string of the molecule is c1cc2c(cc1CNC1CCCC1)OCCO2. The van der Waals surface area contributed by atoms with Gasteiger partial charge in [0.05, 0.1) is 0 Å². The van der Waals surface area contributed by atoms with Gasteiger partial charge >= 0.3 is 0 Å². The van der Waals surface area contributed by atoms with Gasteiger partial charge in [-0.05, 0) is 30.5 Å². The van der Waals surface area contributed by atoms with Gasteiger partial charge in [0.25, 0.3) is 0 Å². The Bertz CT molecular complexity index is 386. The minimum Gasteiger partial charge on any atom is -0.486 e. The molecule has 1 aliphatic heterocycles. The van der Waals surface area contributed by atoms with E-state index in [9.17, 15) is 0 Å². The number of fused-ring (bicyclic) bond motifs is 1. The Morgan fingerprint density at radius 2 is 1.82 bits per heavy atom. The third-order valence-corrected chi connectivity index (χ3v) is 3.56. The molecule has 3 heteroatoms. The van der Waals surface area contributed by atoms with E-state index in [1.54, 1.807) is 0 Å². The van der Waals surface area contributed by atoms with Crippen molar-refractivity contribution in [1.82, 2.24) is 5.32 Å². The molecule has 0 amide bonds. The summed E-state index contributed by atoms with van der Waals surface area (Å²) in [5, 5.41) is 3.61. The molecule has 0 saturated heterocycles. The first-order valence-electron chi connectivity index (χ1n) is 6.54. The van der Waals surface area contributed by atoms with E-state index < -0.39 is 0 Å². The first-order chi connectivity index (χ1) is 8.42. The van der Waals surface area contributed by atoms with Crippen molar-refractivity contribution < 1.29 is 9.47 Å². The highest BCUT2D eigenvalue weighted by Crippen LogP contribution is 2.30. The van der Waals surface area contributed by atoms with E-state index in [1.165, 1.54) is 31.2 Å². The molecule has 0 unspecified atom stereocenters. The number of nitrogens with one attached hydrogen (secondary N) is 1. The van der Waals surface area contributed by atoms with E-state index in [0.717, 1.165) is 18.0 Å². The molecule has 1 aromatic carbocycles. The van der Waals surface area contributed by atoms with Crippen LogP contribution in [0.1, 0.15) is 31.2 Å². The van der Waals surface area contributed by atoms with E-state index >= 15 is 0 Å². The topological polar surface area (TPSA) is 30.5 Å². The van der Waals surface area contributed by atoms with Crippen LogP contribution in [0.5, 0.6) is 11.5 Å². The number of benzene rings is 1. The highest BCUT2D eigenvalue weighted by Gasteiger charge is 2.15. The Hall–Kier alpha value is -1.22. The number of hydrogen-bond donors (Lipinski definition) is 1. The summed E-state index contributed by atoms with van der Waals surface area (Å²) in [6, 6.07) is 6.94. The molecular weight excluding hydrogens is 214 g/mol. The lowest BCUT2D eigenvalue weighted by Gasteiger charge is -2.19. The summed E-state index contributed by atoms with van der Waals surface area (Å²) in [6.07, 6.45) is 5.40. The van der Waals surface area contributed by atoms with Crippen molar-refractivity contribution in [1.29, 1.82) is 0 Å². The summed E-state index contributed by atoms with van der Waals surface area (Å²) in [4.78, 5) is 0. The van der Waals surface area contributed by atoms with Crippen LogP contribution in [0.4, 0.5) is 0 Å². The summed E-state index contributed by atoms with van der Waals surface area (Å²) in [5.74, 6) is 1.77. The highest BCUT2D eigenvalue weighted by molar-refractivity contribution is 5.43. The zero-order valence-electron chi connectivity index (χ0n) is 10.1. The van der Waals surface area contributed by atoms with Crippen LogP contribution in [0.15, 0.2) is 18.2 Å². The Morgan fingerprint density at radius 3 is 2.65 bits per heavy atom. The molecule has 1 saturated carbocycles. The molecular formula is C14H19NO2. The summed E-state index contributed by atoms with van der Waals surface area (Å²) in [5.41, 5.74) is 1.28. The molecule has 1 fully saturated rings. The van der Waals surface area contributed by atoms with Gasteiger partial charge in [-0.3, -0.25) is 0 Å². The smallest absolute Gasteiger partial charge is 0.161 e. The predicted molar refractivity (Wildman–Crippen MR) is 66.5 cm³/mol. The van der Waals surface area contributed by atoms with Gasteiger partial charge in [-0.25, -0.2) is 0 Å². The summed E-state index contributed by atoms with van der Waals surface area (Å²) in [7, 11) is 0. The third kappa shape index (κ3) is 2.55. The van der Waals surface area contributed by atoms with Crippen molar-refractivity contribution in [3.05, 3.63) is 23.8 Å². The molecule has 3 nitrogen and oxygen atoms in total. The first kappa shape index (κ1) is 10.9. The van der Waals surface area contributed by atoms with Gasteiger partial charge < -0.3 is 14.8 Å². The Labute approximate surface area is 102 Å². The second kappa shape index (κ2) is 4.96. The number of ether oxygens (including phenoxy) is 2. The Kier molecular flexibility index (Phi) is 3.18. The quantitative estimate of drug-likeness (QED) is 0.870. The fraction of sp³-hybridized carbons (Fsp3) is 0.571. The molecule has 0 bridgehead atoms. The van der Waals surface area contributed by atoms with Gasteiger partial charge in [-0.15, -0.1) is 0 Å². The van der Waals surface area contributed by atoms with Crippen LogP contribution in [-0.2, 0) is 6.54 Å². The van der Waals surface area contributed by atoms with Crippen LogP contribution in [-0.4, -0.2) is 19.3 Å². The van der Waals surface area contributed by atoms with E-state index in [2.05, 4.69) is 17.4 Å². The maximum absolute atomic E-state index is 5.58. The minimum absolute atomic E-state index is 0.659. The van der Waals surface area contributed by atoms with Crippen LogP contribution >= 0.6 is 0 Å². The molecule has 17 heavy (non-hydrogen) atoms. The largest absolute Gasteiger partial charge is 0.486 e. The average Bonchev–Trinajstić information content (AvgIpc) is 2.89. The van der Waals surface area contributed by atoms with Gasteiger partial charge in [0, 0.05) is 12.6 Å². The average molecular weight is 233 g/mol. The van der Waals surface area contributed by atoms with Crippen LogP contribution in [0.25, 0.3) is 0 Å². The third-order valence-electron chi connectivity index (χ3n) is 3.56. The number of hydrogen-bond acceptors (Lipinski definition) is 3. The van der Waals surface area contributed by atoms with E-state index in [4.69, 9.17) is 9.47 Å². The fourth-order valence-electron chi connectivity index (χ4n) is 2.59. The standard InChI is InChI=1S/C14H19NO2/c1-2-4-12(3-1)15-10-11-5-6-13-14(9-11)17-8-7-16-13/h5-6,9,12,15H,1-4,7-8,10H2. The van der Waals surface area contributed by atoms with Crippen molar-refractivity contribution in [3.63, 3.8) is 0 Å². The molecule has 0 radical (unpaired) electrons. The van der Waals surface area contributed by atoms with Gasteiger partial charge in [-0.1, -0.05) is 18.9 Å². The second-order valence-electron chi connectivity index (χ2n) is 4.84. The van der Waals surface area contributed by atoms with Gasteiger partial charge in [0.15, 0.2) is 11.5 Å². The fourth-order valence-corrected chi connectivity index (χ4v) is 2.59. The van der Waals surface area contributed by atoms with E-state index in [0.29, 0.717) is 19.3 Å². The van der Waals surface area contributed by atoms with Crippen molar-refractivity contribution in [2.75, 3.05) is 13.2 Å².